The average molecular weight is 289 g/mol. The number of rotatable bonds is 5. The molecule has 0 aromatic heterocycles. The SMILES string of the molecule is CC(C)N(CC1CCCN1)C(=O)c1cccc(N(C)C)c1. The van der Waals surface area contributed by atoms with Gasteiger partial charge in [-0.15, -0.1) is 0 Å². The standard InChI is InChI=1S/C17H27N3O/c1-13(2)20(12-15-8-6-10-18-15)17(21)14-7-5-9-16(11-14)19(3)4/h5,7,9,11,13,15,18H,6,8,10,12H2,1-4H3. The monoisotopic (exact) mass is 289 g/mol. The molecule has 1 fully saturated rings. The molecule has 1 aromatic carbocycles. The first-order valence-electron chi connectivity index (χ1n) is 7.80. The summed E-state index contributed by atoms with van der Waals surface area (Å²) < 4.78 is 0. The van der Waals surface area contributed by atoms with Gasteiger partial charge in [-0.3, -0.25) is 4.79 Å². The largest absolute Gasteiger partial charge is 0.378 e. The molecule has 0 spiro atoms. The number of hydrogen-bond donors (Lipinski definition) is 1. The van der Waals surface area contributed by atoms with E-state index in [0.717, 1.165) is 30.8 Å². The van der Waals surface area contributed by atoms with Crippen LogP contribution in [0.2, 0.25) is 0 Å². The maximum Gasteiger partial charge on any atom is 0.254 e. The van der Waals surface area contributed by atoms with E-state index in [2.05, 4.69) is 19.2 Å². The molecule has 1 unspecified atom stereocenters. The van der Waals surface area contributed by atoms with Crippen LogP contribution in [-0.4, -0.2) is 50.1 Å². The summed E-state index contributed by atoms with van der Waals surface area (Å²) in [5.41, 5.74) is 1.83. The Morgan fingerprint density at radius 2 is 2.14 bits per heavy atom. The summed E-state index contributed by atoms with van der Waals surface area (Å²) in [6.45, 7) is 6.04. The van der Waals surface area contributed by atoms with Crippen molar-refractivity contribution in [2.45, 2.75) is 38.8 Å². The molecule has 1 aliphatic heterocycles. The molecule has 0 saturated carbocycles. The summed E-state index contributed by atoms with van der Waals surface area (Å²) >= 11 is 0. The van der Waals surface area contributed by atoms with Crippen molar-refractivity contribution in [3.63, 3.8) is 0 Å². The molecular weight excluding hydrogens is 262 g/mol. The fraction of sp³-hybridized carbons (Fsp3) is 0.588. The number of carbonyl (C=O) groups excluding carboxylic acids is 1. The van der Waals surface area contributed by atoms with E-state index in [0.29, 0.717) is 6.04 Å². The van der Waals surface area contributed by atoms with Crippen LogP contribution in [0.4, 0.5) is 5.69 Å². The lowest BCUT2D eigenvalue weighted by Gasteiger charge is -2.30. The second-order valence-electron chi connectivity index (χ2n) is 6.29. The van der Waals surface area contributed by atoms with Crippen LogP contribution in [0.1, 0.15) is 37.0 Å². The summed E-state index contributed by atoms with van der Waals surface area (Å²) in [5.74, 6) is 0.127. The molecule has 0 radical (unpaired) electrons. The molecule has 1 saturated heterocycles. The Balaban J connectivity index is 2.15. The Labute approximate surface area is 128 Å². The molecule has 1 aliphatic rings. The number of benzene rings is 1. The van der Waals surface area contributed by atoms with Crippen molar-refractivity contribution in [1.29, 1.82) is 0 Å². The van der Waals surface area contributed by atoms with Crippen molar-refractivity contribution in [1.82, 2.24) is 10.2 Å². The quantitative estimate of drug-likeness (QED) is 0.904. The van der Waals surface area contributed by atoms with E-state index in [1.165, 1.54) is 6.42 Å². The van der Waals surface area contributed by atoms with Gasteiger partial charge in [-0.1, -0.05) is 6.07 Å². The highest BCUT2D eigenvalue weighted by molar-refractivity contribution is 5.95. The first-order valence-corrected chi connectivity index (χ1v) is 7.80. The molecule has 0 bridgehead atoms. The molecule has 1 N–H and O–H groups in total. The number of anilines is 1. The third kappa shape index (κ3) is 3.97. The molecule has 116 valence electrons. The number of amides is 1. The van der Waals surface area contributed by atoms with Crippen LogP contribution in [0.15, 0.2) is 24.3 Å². The van der Waals surface area contributed by atoms with E-state index in [1.807, 2.05) is 48.2 Å². The lowest BCUT2D eigenvalue weighted by atomic mass is 10.1. The van der Waals surface area contributed by atoms with E-state index in [9.17, 15) is 4.79 Å². The van der Waals surface area contributed by atoms with Crippen LogP contribution < -0.4 is 10.2 Å². The predicted octanol–water partition coefficient (Wildman–Crippen LogP) is 2.36. The Morgan fingerprint density at radius 3 is 2.71 bits per heavy atom. The number of carbonyl (C=O) groups is 1. The minimum Gasteiger partial charge on any atom is -0.378 e. The van der Waals surface area contributed by atoms with Gasteiger partial charge in [0.25, 0.3) is 5.91 Å². The van der Waals surface area contributed by atoms with Gasteiger partial charge < -0.3 is 15.1 Å². The van der Waals surface area contributed by atoms with Crippen LogP contribution >= 0.6 is 0 Å². The van der Waals surface area contributed by atoms with E-state index in [1.54, 1.807) is 0 Å². The van der Waals surface area contributed by atoms with Crippen molar-refractivity contribution in [3.05, 3.63) is 29.8 Å². The van der Waals surface area contributed by atoms with Crippen molar-refractivity contribution in [2.75, 3.05) is 32.1 Å². The third-order valence-electron chi connectivity index (χ3n) is 4.07. The smallest absolute Gasteiger partial charge is 0.254 e. The topological polar surface area (TPSA) is 35.6 Å². The van der Waals surface area contributed by atoms with Gasteiger partial charge in [0, 0.05) is 44.0 Å². The fourth-order valence-electron chi connectivity index (χ4n) is 2.76. The van der Waals surface area contributed by atoms with Crippen LogP contribution in [0.3, 0.4) is 0 Å². The van der Waals surface area contributed by atoms with E-state index in [4.69, 9.17) is 0 Å². The highest BCUT2D eigenvalue weighted by Crippen LogP contribution is 2.17. The molecule has 1 aromatic rings. The number of hydrogen-bond acceptors (Lipinski definition) is 3. The molecule has 1 amide bonds. The highest BCUT2D eigenvalue weighted by Gasteiger charge is 2.24. The van der Waals surface area contributed by atoms with E-state index < -0.39 is 0 Å². The molecule has 1 heterocycles. The first kappa shape index (κ1) is 15.8. The van der Waals surface area contributed by atoms with Gasteiger partial charge in [-0.2, -0.15) is 0 Å². The lowest BCUT2D eigenvalue weighted by molar-refractivity contribution is 0.0689. The summed E-state index contributed by atoms with van der Waals surface area (Å²) in [7, 11) is 3.98. The van der Waals surface area contributed by atoms with E-state index >= 15 is 0 Å². The normalized spacial score (nSPS) is 18.0. The Hall–Kier alpha value is -1.55. The zero-order valence-electron chi connectivity index (χ0n) is 13.6. The maximum atomic E-state index is 12.8. The zero-order chi connectivity index (χ0) is 15.4. The van der Waals surface area contributed by atoms with Crippen molar-refractivity contribution < 1.29 is 4.79 Å². The summed E-state index contributed by atoms with van der Waals surface area (Å²) in [5, 5.41) is 3.48. The molecule has 0 aliphatic carbocycles. The van der Waals surface area contributed by atoms with E-state index in [-0.39, 0.29) is 11.9 Å². The van der Waals surface area contributed by atoms with Gasteiger partial charge in [0.05, 0.1) is 0 Å². The summed E-state index contributed by atoms with van der Waals surface area (Å²) in [4.78, 5) is 16.8. The van der Waals surface area contributed by atoms with Gasteiger partial charge in [-0.05, 0) is 51.4 Å². The second kappa shape index (κ2) is 6.94. The third-order valence-corrected chi connectivity index (χ3v) is 4.07. The van der Waals surface area contributed by atoms with Crippen molar-refractivity contribution in [2.24, 2.45) is 0 Å². The summed E-state index contributed by atoms with van der Waals surface area (Å²) in [6, 6.07) is 8.51. The Bertz CT molecular complexity index is 479. The van der Waals surface area contributed by atoms with Crippen LogP contribution in [-0.2, 0) is 0 Å². The second-order valence-corrected chi connectivity index (χ2v) is 6.29. The van der Waals surface area contributed by atoms with Crippen LogP contribution in [0.5, 0.6) is 0 Å². The van der Waals surface area contributed by atoms with Gasteiger partial charge in [-0.25, -0.2) is 0 Å². The fourth-order valence-corrected chi connectivity index (χ4v) is 2.76. The van der Waals surface area contributed by atoms with Gasteiger partial charge >= 0.3 is 0 Å². The maximum absolute atomic E-state index is 12.8. The van der Waals surface area contributed by atoms with Crippen LogP contribution in [0, 0.1) is 0 Å². The van der Waals surface area contributed by atoms with Crippen molar-refractivity contribution in [3.8, 4) is 0 Å². The molecule has 4 heteroatoms. The van der Waals surface area contributed by atoms with Crippen LogP contribution in [0.25, 0.3) is 0 Å². The zero-order valence-corrected chi connectivity index (χ0v) is 13.6. The predicted molar refractivity (Wildman–Crippen MR) is 88.0 cm³/mol. The van der Waals surface area contributed by atoms with Gasteiger partial charge in [0.15, 0.2) is 0 Å². The lowest BCUT2D eigenvalue weighted by Crippen LogP contribution is -2.44. The molecule has 1 atom stereocenters. The average Bonchev–Trinajstić information content (AvgIpc) is 2.97. The van der Waals surface area contributed by atoms with Gasteiger partial charge in [0.1, 0.15) is 0 Å². The molecule has 21 heavy (non-hydrogen) atoms. The number of nitrogens with zero attached hydrogens (tertiary/aromatic N) is 2. The minimum absolute atomic E-state index is 0.127. The first-order chi connectivity index (χ1) is 9.99. The highest BCUT2D eigenvalue weighted by atomic mass is 16.2. The Morgan fingerprint density at radius 1 is 1.38 bits per heavy atom. The number of nitrogens with one attached hydrogen (secondary N) is 1. The molecular formula is C17H27N3O. The summed E-state index contributed by atoms with van der Waals surface area (Å²) in [6.07, 6.45) is 2.37. The van der Waals surface area contributed by atoms with Gasteiger partial charge in [0.2, 0.25) is 0 Å². The molecule has 2 rings (SSSR count). The molecule has 4 nitrogen and oxygen atoms in total. The minimum atomic E-state index is 0.127. The van der Waals surface area contributed by atoms with Crippen molar-refractivity contribution >= 4 is 11.6 Å². The Kier molecular flexibility index (Phi) is 5.23.